The molecule has 0 spiro atoms. The summed E-state index contributed by atoms with van der Waals surface area (Å²) in [6, 6.07) is 0.727. The maximum Gasteiger partial charge on any atom is 0.205 e. The number of ether oxygens (including phenoxy) is 1. The summed E-state index contributed by atoms with van der Waals surface area (Å²) in [7, 11) is 3.76. The van der Waals surface area contributed by atoms with Gasteiger partial charge in [-0.05, 0) is 19.9 Å². The van der Waals surface area contributed by atoms with E-state index >= 15 is 0 Å². The first-order chi connectivity index (χ1) is 9.76. The zero-order valence-corrected chi connectivity index (χ0v) is 12.2. The van der Waals surface area contributed by atoms with Gasteiger partial charge in [0.25, 0.3) is 0 Å². The van der Waals surface area contributed by atoms with Gasteiger partial charge in [-0.15, -0.1) is 0 Å². The second-order valence-electron chi connectivity index (χ2n) is 5.09. The van der Waals surface area contributed by atoms with Gasteiger partial charge in [0, 0.05) is 19.1 Å². The van der Waals surface area contributed by atoms with E-state index in [4.69, 9.17) is 10.6 Å². The standard InChI is InChI=1S/C13H24N6O/c1-19(10-5-3-4-6-10)8-7-15-12-11(20-2)13(18-14)17-9-16-12/h9-10H,3-8,14H2,1-2H3,(H2,15,16,17,18). The van der Waals surface area contributed by atoms with Crippen molar-refractivity contribution in [3.05, 3.63) is 6.33 Å². The van der Waals surface area contributed by atoms with Crippen LogP contribution < -0.4 is 21.3 Å². The van der Waals surface area contributed by atoms with E-state index in [-0.39, 0.29) is 0 Å². The zero-order valence-electron chi connectivity index (χ0n) is 12.2. The van der Waals surface area contributed by atoms with E-state index in [1.54, 1.807) is 7.11 Å². The van der Waals surface area contributed by atoms with Gasteiger partial charge in [0.15, 0.2) is 11.6 Å². The Hall–Kier alpha value is -1.60. The number of likely N-dealkylation sites (N-methyl/N-ethyl adjacent to an activating group) is 1. The maximum atomic E-state index is 5.40. The molecule has 7 nitrogen and oxygen atoms in total. The first-order valence-corrected chi connectivity index (χ1v) is 7.06. The van der Waals surface area contributed by atoms with E-state index < -0.39 is 0 Å². The molecule has 20 heavy (non-hydrogen) atoms. The lowest BCUT2D eigenvalue weighted by molar-refractivity contribution is 0.254. The summed E-state index contributed by atoms with van der Waals surface area (Å²) in [5.41, 5.74) is 2.50. The Morgan fingerprint density at radius 1 is 1.35 bits per heavy atom. The smallest absolute Gasteiger partial charge is 0.205 e. The average Bonchev–Trinajstić information content (AvgIpc) is 3.01. The van der Waals surface area contributed by atoms with E-state index in [1.807, 2.05) is 0 Å². The van der Waals surface area contributed by atoms with Gasteiger partial charge in [0.2, 0.25) is 5.75 Å². The summed E-state index contributed by atoms with van der Waals surface area (Å²) in [5.74, 6) is 7.08. The van der Waals surface area contributed by atoms with Crippen molar-refractivity contribution in [2.24, 2.45) is 5.84 Å². The van der Waals surface area contributed by atoms with Crippen molar-refractivity contribution in [3.8, 4) is 5.75 Å². The maximum absolute atomic E-state index is 5.40. The molecule has 1 aliphatic carbocycles. The van der Waals surface area contributed by atoms with Crippen molar-refractivity contribution in [2.45, 2.75) is 31.7 Å². The predicted octanol–water partition coefficient (Wildman–Crippen LogP) is 1.06. The number of nitrogens with zero attached hydrogens (tertiary/aromatic N) is 3. The summed E-state index contributed by atoms with van der Waals surface area (Å²) >= 11 is 0. The first kappa shape index (κ1) is 14.8. The molecule has 1 aromatic heterocycles. The summed E-state index contributed by atoms with van der Waals surface area (Å²) < 4.78 is 5.28. The second-order valence-corrected chi connectivity index (χ2v) is 5.09. The van der Waals surface area contributed by atoms with Crippen LogP contribution in [0, 0.1) is 0 Å². The van der Waals surface area contributed by atoms with E-state index in [0.29, 0.717) is 17.4 Å². The molecule has 7 heteroatoms. The number of nitrogens with two attached hydrogens (primary N) is 1. The van der Waals surface area contributed by atoms with Gasteiger partial charge in [-0.1, -0.05) is 12.8 Å². The van der Waals surface area contributed by atoms with E-state index in [9.17, 15) is 0 Å². The molecule has 1 fully saturated rings. The highest BCUT2D eigenvalue weighted by Gasteiger charge is 2.19. The lowest BCUT2D eigenvalue weighted by atomic mass is 10.2. The van der Waals surface area contributed by atoms with Crippen LogP contribution in [0.25, 0.3) is 0 Å². The average molecular weight is 280 g/mol. The third-order valence-corrected chi connectivity index (χ3v) is 3.85. The molecule has 0 amide bonds. The van der Waals surface area contributed by atoms with Crippen molar-refractivity contribution in [3.63, 3.8) is 0 Å². The number of hydrogen-bond donors (Lipinski definition) is 3. The quantitative estimate of drug-likeness (QED) is 0.508. The number of hydrazine groups is 1. The van der Waals surface area contributed by atoms with Crippen LogP contribution >= 0.6 is 0 Å². The molecule has 0 unspecified atom stereocenters. The second kappa shape index (κ2) is 7.25. The van der Waals surface area contributed by atoms with E-state index in [0.717, 1.165) is 19.1 Å². The minimum absolute atomic E-state index is 0.481. The van der Waals surface area contributed by atoms with Crippen molar-refractivity contribution >= 4 is 11.6 Å². The first-order valence-electron chi connectivity index (χ1n) is 7.06. The molecule has 1 saturated carbocycles. The summed E-state index contributed by atoms with van der Waals surface area (Å²) in [6.07, 6.45) is 6.80. The number of nitrogen functional groups attached to an aromatic ring is 1. The molecule has 0 atom stereocenters. The van der Waals surface area contributed by atoms with Gasteiger partial charge in [-0.3, -0.25) is 0 Å². The van der Waals surface area contributed by atoms with Gasteiger partial charge in [0.05, 0.1) is 7.11 Å². The van der Waals surface area contributed by atoms with Crippen molar-refractivity contribution in [1.82, 2.24) is 14.9 Å². The minimum Gasteiger partial charge on any atom is -0.490 e. The molecule has 0 radical (unpaired) electrons. The summed E-state index contributed by atoms with van der Waals surface area (Å²) in [4.78, 5) is 10.6. The normalized spacial score (nSPS) is 15.6. The Morgan fingerprint density at radius 3 is 2.70 bits per heavy atom. The highest BCUT2D eigenvalue weighted by atomic mass is 16.5. The number of aromatic nitrogens is 2. The van der Waals surface area contributed by atoms with Crippen molar-refractivity contribution in [2.75, 3.05) is 38.0 Å². The monoisotopic (exact) mass is 280 g/mol. The fourth-order valence-electron chi connectivity index (χ4n) is 2.67. The van der Waals surface area contributed by atoms with E-state index in [1.165, 1.54) is 32.0 Å². The van der Waals surface area contributed by atoms with Crippen LogP contribution in [0.15, 0.2) is 6.33 Å². The molecule has 2 rings (SSSR count). The molecule has 4 N–H and O–H groups in total. The topological polar surface area (TPSA) is 88.3 Å². The lowest BCUT2D eigenvalue weighted by Gasteiger charge is -2.24. The molecule has 0 aliphatic heterocycles. The van der Waals surface area contributed by atoms with Crippen LogP contribution in [-0.4, -0.2) is 48.2 Å². The number of nitrogens with one attached hydrogen (secondary N) is 2. The summed E-state index contributed by atoms with van der Waals surface area (Å²) in [6.45, 7) is 1.79. The summed E-state index contributed by atoms with van der Waals surface area (Å²) in [5, 5.41) is 3.28. The van der Waals surface area contributed by atoms with Crippen molar-refractivity contribution in [1.29, 1.82) is 0 Å². The van der Waals surface area contributed by atoms with Crippen LogP contribution in [0.3, 0.4) is 0 Å². The van der Waals surface area contributed by atoms with Gasteiger partial charge >= 0.3 is 0 Å². The Bertz CT molecular complexity index is 421. The number of anilines is 2. The number of methoxy groups -OCH3 is 1. The molecule has 0 bridgehead atoms. The van der Waals surface area contributed by atoms with Gasteiger partial charge in [0.1, 0.15) is 6.33 Å². The van der Waals surface area contributed by atoms with Crippen LogP contribution in [0.2, 0.25) is 0 Å². The fraction of sp³-hybridized carbons (Fsp3) is 0.692. The van der Waals surface area contributed by atoms with Gasteiger partial charge in [-0.25, -0.2) is 15.8 Å². The van der Waals surface area contributed by atoms with Gasteiger partial charge < -0.3 is 20.4 Å². The van der Waals surface area contributed by atoms with Crippen molar-refractivity contribution < 1.29 is 4.74 Å². The molecular formula is C13H24N6O. The SMILES string of the molecule is COc1c(NN)ncnc1NCCN(C)C1CCCC1. The third-order valence-electron chi connectivity index (χ3n) is 3.85. The molecule has 1 aliphatic rings. The van der Waals surface area contributed by atoms with Crippen LogP contribution in [0.5, 0.6) is 5.75 Å². The van der Waals surface area contributed by atoms with Crippen LogP contribution in [0.4, 0.5) is 11.6 Å². The molecule has 112 valence electrons. The Labute approximate surface area is 119 Å². The third kappa shape index (κ3) is 3.49. The molecular weight excluding hydrogens is 256 g/mol. The lowest BCUT2D eigenvalue weighted by Crippen LogP contribution is -2.33. The Balaban J connectivity index is 1.87. The molecule has 1 heterocycles. The number of rotatable bonds is 7. The molecule has 0 saturated heterocycles. The Morgan fingerprint density at radius 2 is 2.05 bits per heavy atom. The predicted molar refractivity (Wildman–Crippen MR) is 79.8 cm³/mol. The van der Waals surface area contributed by atoms with E-state index in [2.05, 4.69) is 32.7 Å². The van der Waals surface area contributed by atoms with Crippen LogP contribution in [-0.2, 0) is 0 Å². The fourth-order valence-corrected chi connectivity index (χ4v) is 2.67. The zero-order chi connectivity index (χ0) is 14.4. The minimum atomic E-state index is 0.481. The largest absolute Gasteiger partial charge is 0.490 e. The highest BCUT2D eigenvalue weighted by molar-refractivity contribution is 5.62. The Kier molecular flexibility index (Phi) is 5.37. The highest BCUT2D eigenvalue weighted by Crippen LogP contribution is 2.28. The number of hydrogen-bond acceptors (Lipinski definition) is 7. The molecule has 1 aromatic rings. The van der Waals surface area contributed by atoms with Crippen LogP contribution in [0.1, 0.15) is 25.7 Å². The van der Waals surface area contributed by atoms with Gasteiger partial charge in [-0.2, -0.15) is 0 Å². The molecule has 0 aromatic carbocycles.